The quantitative estimate of drug-likeness (QED) is 0.889. The third kappa shape index (κ3) is 2.54. The minimum Gasteiger partial charge on any atom is -0.480 e. The summed E-state index contributed by atoms with van der Waals surface area (Å²) in [5.74, 6) is -1.49. The standard InChI is InChI=1S/C10H11BrFNO2/c1-2-5-3-6(9(13)10(14)15)4-7(11)8(5)12/h3-4,9H,2,13H2,1H3,(H,14,15). The van der Waals surface area contributed by atoms with Crippen molar-refractivity contribution in [3.8, 4) is 0 Å². The Hall–Kier alpha value is -0.940. The predicted molar refractivity (Wildman–Crippen MR) is 58.0 cm³/mol. The summed E-state index contributed by atoms with van der Waals surface area (Å²) in [5.41, 5.74) is 6.29. The van der Waals surface area contributed by atoms with E-state index in [4.69, 9.17) is 10.8 Å². The minimum absolute atomic E-state index is 0.244. The van der Waals surface area contributed by atoms with Gasteiger partial charge in [0, 0.05) is 0 Å². The fourth-order valence-electron chi connectivity index (χ4n) is 1.25. The fraction of sp³-hybridized carbons (Fsp3) is 0.300. The molecule has 0 aliphatic carbocycles. The van der Waals surface area contributed by atoms with Gasteiger partial charge in [-0.15, -0.1) is 0 Å². The van der Waals surface area contributed by atoms with Crippen LogP contribution < -0.4 is 5.73 Å². The van der Waals surface area contributed by atoms with Gasteiger partial charge in [-0.2, -0.15) is 0 Å². The molecule has 0 spiro atoms. The highest BCUT2D eigenvalue weighted by atomic mass is 79.9. The van der Waals surface area contributed by atoms with Crippen molar-refractivity contribution >= 4 is 21.9 Å². The first-order chi connectivity index (χ1) is 6.97. The van der Waals surface area contributed by atoms with Crippen LogP contribution in [0.3, 0.4) is 0 Å². The lowest BCUT2D eigenvalue weighted by atomic mass is 10.0. The highest BCUT2D eigenvalue weighted by Gasteiger charge is 2.17. The maximum Gasteiger partial charge on any atom is 0.325 e. The largest absolute Gasteiger partial charge is 0.480 e. The highest BCUT2D eigenvalue weighted by molar-refractivity contribution is 9.10. The molecule has 1 atom stereocenters. The van der Waals surface area contributed by atoms with Gasteiger partial charge in [-0.25, -0.2) is 4.39 Å². The number of nitrogens with two attached hydrogens (primary N) is 1. The van der Waals surface area contributed by atoms with Gasteiger partial charge >= 0.3 is 5.97 Å². The van der Waals surface area contributed by atoms with E-state index in [1.54, 1.807) is 6.92 Å². The number of rotatable bonds is 3. The van der Waals surface area contributed by atoms with E-state index in [1.807, 2.05) is 0 Å². The molecule has 1 rings (SSSR count). The van der Waals surface area contributed by atoms with Crippen LogP contribution in [0.5, 0.6) is 0 Å². The molecular weight excluding hydrogens is 265 g/mol. The van der Waals surface area contributed by atoms with Gasteiger partial charge in [0.1, 0.15) is 11.9 Å². The van der Waals surface area contributed by atoms with Crippen LogP contribution in [0.2, 0.25) is 0 Å². The Morgan fingerprint density at radius 3 is 2.73 bits per heavy atom. The molecule has 82 valence electrons. The molecule has 0 saturated heterocycles. The Morgan fingerprint density at radius 1 is 1.67 bits per heavy atom. The molecule has 5 heteroatoms. The monoisotopic (exact) mass is 275 g/mol. The van der Waals surface area contributed by atoms with E-state index in [-0.39, 0.29) is 10.3 Å². The van der Waals surface area contributed by atoms with Crippen molar-refractivity contribution in [3.05, 3.63) is 33.5 Å². The molecular formula is C10H11BrFNO2. The molecule has 0 radical (unpaired) electrons. The Morgan fingerprint density at radius 2 is 2.27 bits per heavy atom. The Balaban J connectivity index is 3.22. The van der Waals surface area contributed by atoms with Crippen molar-refractivity contribution in [2.45, 2.75) is 19.4 Å². The van der Waals surface area contributed by atoms with E-state index in [0.29, 0.717) is 17.5 Å². The van der Waals surface area contributed by atoms with E-state index >= 15 is 0 Å². The summed E-state index contributed by atoms with van der Waals surface area (Å²) < 4.78 is 13.7. The van der Waals surface area contributed by atoms with Gasteiger partial charge in [0.2, 0.25) is 0 Å². The topological polar surface area (TPSA) is 63.3 Å². The number of hydrogen-bond acceptors (Lipinski definition) is 2. The summed E-state index contributed by atoms with van der Waals surface area (Å²) in [7, 11) is 0. The minimum atomic E-state index is -1.13. The second kappa shape index (κ2) is 4.72. The lowest BCUT2D eigenvalue weighted by molar-refractivity contribution is -0.138. The maximum absolute atomic E-state index is 13.4. The number of carboxylic acid groups (broad SMARTS) is 1. The number of aryl methyl sites for hydroxylation is 1. The second-order valence-corrected chi connectivity index (χ2v) is 4.00. The zero-order valence-electron chi connectivity index (χ0n) is 8.13. The molecule has 1 aromatic carbocycles. The van der Waals surface area contributed by atoms with Gasteiger partial charge in [-0.05, 0) is 39.5 Å². The normalized spacial score (nSPS) is 12.5. The first-order valence-electron chi connectivity index (χ1n) is 4.43. The van der Waals surface area contributed by atoms with Crippen LogP contribution in [-0.4, -0.2) is 11.1 Å². The van der Waals surface area contributed by atoms with Crippen LogP contribution in [0.4, 0.5) is 4.39 Å². The first kappa shape index (κ1) is 12.1. The average Bonchev–Trinajstić information content (AvgIpc) is 2.20. The van der Waals surface area contributed by atoms with Crippen LogP contribution in [0, 0.1) is 5.82 Å². The number of benzene rings is 1. The number of hydrogen-bond donors (Lipinski definition) is 2. The average molecular weight is 276 g/mol. The summed E-state index contributed by atoms with van der Waals surface area (Å²) in [6, 6.07) is 1.76. The molecule has 0 aliphatic rings. The SMILES string of the molecule is CCc1cc(C(N)C(=O)O)cc(Br)c1F. The summed E-state index contributed by atoms with van der Waals surface area (Å²) in [4.78, 5) is 10.7. The lowest BCUT2D eigenvalue weighted by Crippen LogP contribution is -2.21. The van der Waals surface area contributed by atoms with E-state index in [1.165, 1.54) is 12.1 Å². The summed E-state index contributed by atoms with van der Waals surface area (Å²) in [6.45, 7) is 1.79. The molecule has 0 amide bonds. The van der Waals surface area contributed by atoms with E-state index in [0.717, 1.165) is 0 Å². The Kier molecular flexibility index (Phi) is 3.82. The number of carbonyl (C=O) groups is 1. The first-order valence-corrected chi connectivity index (χ1v) is 5.22. The van der Waals surface area contributed by atoms with Gasteiger partial charge in [0.05, 0.1) is 4.47 Å². The maximum atomic E-state index is 13.4. The molecule has 0 saturated carbocycles. The number of aliphatic carboxylic acids is 1. The highest BCUT2D eigenvalue weighted by Crippen LogP contribution is 2.24. The van der Waals surface area contributed by atoms with Crippen LogP contribution in [0.1, 0.15) is 24.1 Å². The summed E-state index contributed by atoms with van der Waals surface area (Å²) in [6.07, 6.45) is 0.491. The van der Waals surface area contributed by atoms with Crippen molar-refractivity contribution in [1.29, 1.82) is 0 Å². The predicted octanol–water partition coefficient (Wildman–Crippen LogP) is 2.23. The van der Waals surface area contributed by atoms with Gasteiger partial charge in [-0.3, -0.25) is 4.79 Å². The summed E-state index contributed by atoms with van der Waals surface area (Å²) in [5, 5.41) is 8.73. The molecule has 0 bridgehead atoms. The van der Waals surface area contributed by atoms with Gasteiger partial charge in [0.25, 0.3) is 0 Å². The van der Waals surface area contributed by atoms with E-state index in [9.17, 15) is 9.18 Å². The fourth-order valence-corrected chi connectivity index (χ4v) is 1.77. The number of carboxylic acids is 1. The molecule has 15 heavy (non-hydrogen) atoms. The van der Waals surface area contributed by atoms with Gasteiger partial charge < -0.3 is 10.8 Å². The Bertz CT molecular complexity index is 395. The van der Waals surface area contributed by atoms with E-state index in [2.05, 4.69) is 15.9 Å². The zero-order chi connectivity index (χ0) is 11.6. The number of halogens is 2. The molecule has 0 aliphatic heterocycles. The van der Waals surface area contributed by atoms with Crippen LogP contribution in [0.15, 0.2) is 16.6 Å². The summed E-state index contributed by atoms with van der Waals surface area (Å²) >= 11 is 3.03. The third-order valence-corrected chi connectivity index (χ3v) is 2.71. The van der Waals surface area contributed by atoms with Gasteiger partial charge in [-0.1, -0.05) is 13.0 Å². The van der Waals surface area contributed by atoms with Crippen molar-refractivity contribution in [2.24, 2.45) is 5.73 Å². The molecule has 0 heterocycles. The third-order valence-electron chi connectivity index (χ3n) is 2.13. The molecule has 1 aromatic rings. The van der Waals surface area contributed by atoms with Crippen molar-refractivity contribution in [1.82, 2.24) is 0 Å². The zero-order valence-corrected chi connectivity index (χ0v) is 9.71. The van der Waals surface area contributed by atoms with Crippen molar-refractivity contribution < 1.29 is 14.3 Å². The van der Waals surface area contributed by atoms with Crippen LogP contribution in [-0.2, 0) is 11.2 Å². The van der Waals surface area contributed by atoms with Crippen molar-refractivity contribution in [3.63, 3.8) is 0 Å². The smallest absolute Gasteiger partial charge is 0.325 e. The molecule has 1 unspecified atom stereocenters. The van der Waals surface area contributed by atoms with Crippen LogP contribution >= 0.6 is 15.9 Å². The van der Waals surface area contributed by atoms with Crippen LogP contribution in [0.25, 0.3) is 0 Å². The Labute approximate surface area is 95.2 Å². The molecule has 3 N–H and O–H groups in total. The molecule has 0 aromatic heterocycles. The van der Waals surface area contributed by atoms with Gasteiger partial charge in [0.15, 0.2) is 0 Å². The lowest BCUT2D eigenvalue weighted by Gasteiger charge is -2.10. The van der Waals surface area contributed by atoms with Crippen molar-refractivity contribution in [2.75, 3.05) is 0 Å². The second-order valence-electron chi connectivity index (χ2n) is 3.15. The molecule has 0 fully saturated rings. The molecule has 3 nitrogen and oxygen atoms in total. The van der Waals surface area contributed by atoms with E-state index < -0.39 is 12.0 Å².